The maximum atomic E-state index is 12.5. The number of ether oxygens (including phenoxy) is 1. The second-order valence-corrected chi connectivity index (χ2v) is 7.82. The Morgan fingerprint density at radius 2 is 1.77 bits per heavy atom. The predicted molar refractivity (Wildman–Crippen MR) is 122 cm³/mol. The van der Waals surface area contributed by atoms with Gasteiger partial charge in [0.2, 0.25) is 5.91 Å². The number of anilines is 2. The summed E-state index contributed by atoms with van der Waals surface area (Å²) in [5.41, 5.74) is 4.85. The highest BCUT2D eigenvalue weighted by Crippen LogP contribution is 2.35. The molecule has 0 saturated carbocycles. The van der Waals surface area contributed by atoms with E-state index in [1.54, 1.807) is 4.90 Å². The molecular formula is C26H26N2O3. The van der Waals surface area contributed by atoms with Crippen LogP contribution in [-0.2, 0) is 22.6 Å². The van der Waals surface area contributed by atoms with Gasteiger partial charge in [-0.25, -0.2) is 0 Å². The molecule has 5 heteroatoms. The first-order valence-corrected chi connectivity index (χ1v) is 10.5. The van der Waals surface area contributed by atoms with Crippen LogP contribution < -0.4 is 15.0 Å². The van der Waals surface area contributed by atoms with Gasteiger partial charge < -0.3 is 15.0 Å². The molecule has 3 aromatic rings. The average Bonchev–Trinajstić information content (AvgIpc) is 2.78. The molecule has 0 radical (unpaired) electrons. The third-order valence-electron chi connectivity index (χ3n) is 5.36. The molecule has 0 unspecified atom stereocenters. The summed E-state index contributed by atoms with van der Waals surface area (Å²) >= 11 is 0. The van der Waals surface area contributed by atoms with Gasteiger partial charge in [-0.2, -0.15) is 0 Å². The van der Waals surface area contributed by atoms with Crippen molar-refractivity contribution < 1.29 is 14.3 Å². The number of hydrogen-bond acceptors (Lipinski definition) is 3. The van der Waals surface area contributed by atoms with Crippen LogP contribution in [0.25, 0.3) is 0 Å². The van der Waals surface area contributed by atoms with E-state index in [2.05, 4.69) is 36.5 Å². The number of hydrogen-bond donors (Lipinski definition) is 1. The Bertz CT molecular complexity index is 1060. The highest BCUT2D eigenvalue weighted by molar-refractivity contribution is 5.99. The first kappa shape index (κ1) is 20.7. The normalized spacial score (nSPS) is 12.8. The van der Waals surface area contributed by atoms with Gasteiger partial charge >= 0.3 is 0 Å². The molecule has 1 heterocycles. The quantitative estimate of drug-likeness (QED) is 0.599. The third-order valence-corrected chi connectivity index (χ3v) is 5.36. The van der Waals surface area contributed by atoms with Gasteiger partial charge in [-0.05, 0) is 49.1 Å². The molecule has 3 aromatic carbocycles. The Morgan fingerprint density at radius 1 is 1.00 bits per heavy atom. The van der Waals surface area contributed by atoms with Crippen LogP contribution in [0.3, 0.4) is 0 Å². The summed E-state index contributed by atoms with van der Waals surface area (Å²) in [6.45, 7) is 2.55. The minimum atomic E-state index is -0.0991. The van der Waals surface area contributed by atoms with Crippen LogP contribution in [0.15, 0.2) is 72.8 Å². The average molecular weight is 415 g/mol. The number of nitrogens with one attached hydrogen (secondary N) is 1. The second-order valence-electron chi connectivity index (χ2n) is 7.82. The van der Waals surface area contributed by atoms with Gasteiger partial charge in [-0.15, -0.1) is 0 Å². The predicted octanol–water partition coefficient (Wildman–Crippen LogP) is 4.88. The monoisotopic (exact) mass is 414 g/mol. The SMILES string of the molecule is Cc1ccc(CCCC(=O)Nc2ccc3c(c2)N(Cc2ccccc2)C(=O)CO3)cc1. The summed E-state index contributed by atoms with van der Waals surface area (Å²) in [5.74, 6) is 0.510. The molecule has 0 atom stereocenters. The molecule has 0 aliphatic carbocycles. The fourth-order valence-electron chi connectivity index (χ4n) is 3.65. The fourth-order valence-corrected chi connectivity index (χ4v) is 3.65. The number of carbonyl (C=O) groups excluding carboxylic acids is 2. The zero-order valence-corrected chi connectivity index (χ0v) is 17.6. The highest BCUT2D eigenvalue weighted by atomic mass is 16.5. The van der Waals surface area contributed by atoms with E-state index in [9.17, 15) is 9.59 Å². The number of aryl methyl sites for hydroxylation is 2. The lowest BCUT2D eigenvalue weighted by molar-refractivity contribution is -0.121. The zero-order chi connectivity index (χ0) is 21.6. The molecule has 0 fully saturated rings. The highest BCUT2D eigenvalue weighted by Gasteiger charge is 2.26. The number of benzene rings is 3. The van der Waals surface area contributed by atoms with E-state index in [0.717, 1.165) is 18.4 Å². The molecule has 0 aromatic heterocycles. The van der Waals surface area contributed by atoms with Gasteiger partial charge in [0.1, 0.15) is 5.75 Å². The first-order chi connectivity index (χ1) is 15.1. The summed E-state index contributed by atoms with van der Waals surface area (Å²) in [4.78, 5) is 26.7. The van der Waals surface area contributed by atoms with Gasteiger partial charge in [-0.1, -0.05) is 60.2 Å². The van der Waals surface area contributed by atoms with E-state index in [0.29, 0.717) is 30.1 Å². The number of fused-ring (bicyclic) bond motifs is 1. The minimum absolute atomic E-state index is 0.0184. The molecule has 2 amide bonds. The molecule has 1 N–H and O–H groups in total. The summed E-state index contributed by atoms with van der Waals surface area (Å²) < 4.78 is 5.58. The van der Waals surface area contributed by atoms with E-state index in [-0.39, 0.29) is 18.4 Å². The largest absolute Gasteiger partial charge is 0.482 e. The van der Waals surface area contributed by atoms with Gasteiger partial charge in [0.25, 0.3) is 5.91 Å². The Hall–Kier alpha value is -3.60. The van der Waals surface area contributed by atoms with Crippen LogP contribution >= 0.6 is 0 Å². The van der Waals surface area contributed by atoms with Crippen LogP contribution in [0.2, 0.25) is 0 Å². The summed E-state index contributed by atoms with van der Waals surface area (Å²) in [5, 5.41) is 2.95. The van der Waals surface area contributed by atoms with E-state index in [1.165, 1.54) is 11.1 Å². The topological polar surface area (TPSA) is 58.6 Å². The van der Waals surface area contributed by atoms with Crippen LogP contribution in [0.1, 0.15) is 29.5 Å². The first-order valence-electron chi connectivity index (χ1n) is 10.5. The van der Waals surface area contributed by atoms with Crippen molar-refractivity contribution in [3.8, 4) is 5.75 Å². The molecule has 0 saturated heterocycles. The van der Waals surface area contributed by atoms with Gasteiger partial charge in [0.05, 0.1) is 12.2 Å². The third kappa shape index (κ3) is 5.31. The van der Waals surface area contributed by atoms with Crippen LogP contribution in [-0.4, -0.2) is 18.4 Å². The molecule has 31 heavy (non-hydrogen) atoms. The summed E-state index contributed by atoms with van der Waals surface area (Å²) in [6, 6.07) is 23.7. The van der Waals surface area contributed by atoms with Crippen molar-refractivity contribution in [2.75, 3.05) is 16.8 Å². The fraction of sp³-hybridized carbons (Fsp3) is 0.231. The molecule has 1 aliphatic rings. The number of amides is 2. The van der Waals surface area contributed by atoms with Crippen molar-refractivity contribution in [1.29, 1.82) is 0 Å². The molecular weight excluding hydrogens is 388 g/mol. The second kappa shape index (κ2) is 9.47. The summed E-state index contributed by atoms with van der Waals surface area (Å²) in [7, 11) is 0. The smallest absolute Gasteiger partial charge is 0.265 e. The lowest BCUT2D eigenvalue weighted by Gasteiger charge is -2.30. The zero-order valence-electron chi connectivity index (χ0n) is 17.6. The van der Waals surface area contributed by atoms with Crippen molar-refractivity contribution in [1.82, 2.24) is 0 Å². The van der Waals surface area contributed by atoms with Crippen molar-refractivity contribution in [2.45, 2.75) is 32.7 Å². The lowest BCUT2D eigenvalue weighted by Crippen LogP contribution is -2.38. The Morgan fingerprint density at radius 3 is 2.55 bits per heavy atom. The van der Waals surface area contributed by atoms with E-state index in [4.69, 9.17) is 4.74 Å². The van der Waals surface area contributed by atoms with Crippen molar-refractivity contribution in [3.63, 3.8) is 0 Å². The maximum absolute atomic E-state index is 12.5. The van der Waals surface area contributed by atoms with Crippen molar-refractivity contribution >= 4 is 23.2 Å². The van der Waals surface area contributed by atoms with Crippen molar-refractivity contribution in [2.24, 2.45) is 0 Å². The Kier molecular flexibility index (Phi) is 6.32. The molecule has 158 valence electrons. The Balaban J connectivity index is 1.40. The van der Waals surface area contributed by atoms with Crippen molar-refractivity contribution in [3.05, 3.63) is 89.5 Å². The van der Waals surface area contributed by atoms with Gasteiger partial charge in [-0.3, -0.25) is 9.59 Å². The standard InChI is InChI=1S/C26H26N2O3/c1-19-10-12-20(13-11-19)8-5-9-25(29)27-22-14-15-24-23(16-22)28(26(30)18-31-24)17-21-6-3-2-4-7-21/h2-4,6-7,10-16H,5,8-9,17-18H2,1H3,(H,27,29). The molecule has 0 bridgehead atoms. The summed E-state index contributed by atoms with van der Waals surface area (Å²) in [6.07, 6.45) is 2.08. The van der Waals surface area contributed by atoms with E-state index in [1.807, 2.05) is 48.5 Å². The van der Waals surface area contributed by atoms with E-state index < -0.39 is 0 Å². The number of rotatable bonds is 7. The van der Waals surface area contributed by atoms with E-state index >= 15 is 0 Å². The lowest BCUT2D eigenvalue weighted by atomic mass is 10.1. The minimum Gasteiger partial charge on any atom is -0.482 e. The molecule has 4 rings (SSSR count). The molecule has 0 spiro atoms. The van der Waals surface area contributed by atoms with Gasteiger partial charge in [0.15, 0.2) is 6.61 Å². The molecule has 5 nitrogen and oxygen atoms in total. The molecule has 1 aliphatic heterocycles. The Labute approximate surface area is 182 Å². The van der Waals surface area contributed by atoms with Crippen LogP contribution in [0, 0.1) is 6.92 Å². The van der Waals surface area contributed by atoms with Crippen LogP contribution in [0.4, 0.5) is 11.4 Å². The maximum Gasteiger partial charge on any atom is 0.265 e. The number of carbonyl (C=O) groups is 2. The van der Waals surface area contributed by atoms with Crippen LogP contribution in [0.5, 0.6) is 5.75 Å². The number of nitrogens with zero attached hydrogens (tertiary/aromatic N) is 1. The van der Waals surface area contributed by atoms with Gasteiger partial charge in [0, 0.05) is 12.1 Å².